The summed E-state index contributed by atoms with van der Waals surface area (Å²) in [6.07, 6.45) is 7.44. The van der Waals surface area contributed by atoms with E-state index < -0.39 is 0 Å². The van der Waals surface area contributed by atoms with Crippen LogP contribution in [0.5, 0.6) is 0 Å². The Morgan fingerprint density at radius 2 is 1.90 bits per heavy atom. The number of nitrogens with two attached hydrogens (primary N) is 1. The van der Waals surface area contributed by atoms with Crippen molar-refractivity contribution in [1.29, 1.82) is 0 Å². The van der Waals surface area contributed by atoms with Crippen LogP contribution in [0.25, 0.3) is 0 Å². The fourth-order valence-electron chi connectivity index (χ4n) is 3.51. The molecule has 0 saturated heterocycles. The van der Waals surface area contributed by atoms with Crippen LogP contribution >= 0.6 is 0 Å². The molecule has 0 spiro atoms. The van der Waals surface area contributed by atoms with Crippen molar-refractivity contribution in [2.45, 2.75) is 71.4 Å². The van der Waals surface area contributed by atoms with Crippen LogP contribution in [-0.2, 0) is 6.42 Å². The lowest BCUT2D eigenvalue weighted by atomic mass is 9.86. The first-order valence-electron chi connectivity index (χ1n) is 8.59. The molecule has 1 aromatic rings. The van der Waals surface area contributed by atoms with Crippen molar-refractivity contribution in [3.63, 3.8) is 0 Å². The second-order valence-corrected chi connectivity index (χ2v) is 7.02. The lowest BCUT2D eigenvalue weighted by Crippen LogP contribution is -2.35. The van der Waals surface area contributed by atoms with E-state index in [0.29, 0.717) is 6.04 Å². The average molecular weight is 288 g/mol. The summed E-state index contributed by atoms with van der Waals surface area (Å²) in [5.41, 5.74) is 10.2. The molecule has 2 heteroatoms. The average Bonchev–Trinajstić information content (AvgIpc) is 2.47. The van der Waals surface area contributed by atoms with Gasteiger partial charge in [0.15, 0.2) is 0 Å². The van der Waals surface area contributed by atoms with Crippen LogP contribution in [0, 0.1) is 12.8 Å². The van der Waals surface area contributed by atoms with Gasteiger partial charge in [0.1, 0.15) is 0 Å². The van der Waals surface area contributed by atoms with Crippen molar-refractivity contribution in [3.8, 4) is 0 Å². The number of rotatable bonds is 5. The van der Waals surface area contributed by atoms with E-state index in [4.69, 9.17) is 5.73 Å². The van der Waals surface area contributed by atoms with E-state index in [1.54, 1.807) is 0 Å². The molecule has 1 aromatic carbocycles. The molecule has 1 aliphatic carbocycles. The number of anilines is 1. The largest absolute Gasteiger partial charge is 0.371 e. The summed E-state index contributed by atoms with van der Waals surface area (Å²) in [6, 6.07) is 7.88. The van der Waals surface area contributed by atoms with Gasteiger partial charge in [-0.1, -0.05) is 26.0 Å². The number of nitrogens with zero attached hydrogens (tertiary/aromatic N) is 1. The van der Waals surface area contributed by atoms with E-state index in [2.05, 4.69) is 50.9 Å². The highest BCUT2D eigenvalue weighted by Gasteiger charge is 2.22. The van der Waals surface area contributed by atoms with Crippen LogP contribution in [0.3, 0.4) is 0 Å². The van der Waals surface area contributed by atoms with Gasteiger partial charge >= 0.3 is 0 Å². The van der Waals surface area contributed by atoms with E-state index in [9.17, 15) is 0 Å². The summed E-state index contributed by atoms with van der Waals surface area (Å²) in [5, 5.41) is 0. The first-order valence-corrected chi connectivity index (χ1v) is 8.59. The molecular weight excluding hydrogens is 256 g/mol. The molecule has 0 heterocycles. The summed E-state index contributed by atoms with van der Waals surface area (Å²) in [7, 11) is 2.26. The summed E-state index contributed by atoms with van der Waals surface area (Å²) in [4.78, 5) is 2.50. The molecule has 0 aliphatic heterocycles. The molecule has 2 N–H and O–H groups in total. The maximum Gasteiger partial charge on any atom is 0.0396 e. The molecule has 1 unspecified atom stereocenters. The molecule has 0 aromatic heterocycles. The molecule has 0 bridgehead atoms. The number of benzene rings is 1. The molecule has 1 atom stereocenters. The van der Waals surface area contributed by atoms with Crippen molar-refractivity contribution in [1.82, 2.24) is 0 Å². The third kappa shape index (κ3) is 4.23. The summed E-state index contributed by atoms with van der Waals surface area (Å²) in [5.74, 6) is 0.911. The standard InChI is InChI=1S/C19H32N2/c1-5-17(20)13-16-8-11-19(15(3)12-16)21(4)18-9-6-14(2)7-10-18/h8,11-12,14,17-18H,5-7,9-10,13,20H2,1-4H3. The lowest BCUT2D eigenvalue weighted by molar-refractivity contribution is 0.340. The van der Waals surface area contributed by atoms with Gasteiger partial charge in [0, 0.05) is 24.8 Å². The van der Waals surface area contributed by atoms with Gasteiger partial charge in [-0.05, 0) is 68.6 Å². The fraction of sp³-hybridized carbons (Fsp3) is 0.684. The highest BCUT2D eigenvalue weighted by molar-refractivity contribution is 5.54. The first-order chi connectivity index (χ1) is 10.0. The minimum atomic E-state index is 0.285. The number of hydrogen-bond donors (Lipinski definition) is 1. The SMILES string of the molecule is CCC(N)Cc1ccc(N(C)C2CCC(C)CC2)c(C)c1. The normalized spacial score (nSPS) is 23.9. The van der Waals surface area contributed by atoms with E-state index in [1.807, 2.05) is 0 Å². The highest BCUT2D eigenvalue weighted by Crippen LogP contribution is 2.31. The summed E-state index contributed by atoms with van der Waals surface area (Å²) in [6.45, 7) is 6.77. The van der Waals surface area contributed by atoms with Gasteiger partial charge in [-0.25, -0.2) is 0 Å². The van der Waals surface area contributed by atoms with E-state index >= 15 is 0 Å². The maximum absolute atomic E-state index is 6.07. The molecule has 21 heavy (non-hydrogen) atoms. The summed E-state index contributed by atoms with van der Waals surface area (Å²) < 4.78 is 0. The number of hydrogen-bond acceptors (Lipinski definition) is 2. The van der Waals surface area contributed by atoms with Gasteiger partial charge in [0.05, 0.1) is 0 Å². The molecule has 0 radical (unpaired) electrons. The Labute approximate surface area is 130 Å². The van der Waals surface area contributed by atoms with Gasteiger partial charge in [-0.2, -0.15) is 0 Å². The van der Waals surface area contributed by atoms with Gasteiger partial charge in [0.2, 0.25) is 0 Å². The van der Waals surface area contributed by atoms with Gasteiger partial charge < -0.3 is 10.6 Å². The van der Waals surface area contributed by atoms with Crippen LogP contribution in [0.4, 0.5) is 5.69 Å². The Kier molecular flexibility index (Phi) is 5.69. The zero-order valence-electron chi connectivity index (χ0n) is 14.2. The van der Waals surface area contributed by atoms with E-state index in [-0.39, 0.29) is 6.04 Å². The molecule has 2 rings (SSSR count). The predicted octanol–water partition coefficient (Wildman–Crippen LogP) is 4.29. The van der Waals surface area contributed by atoms with Crippen LogP contribution in [0.15, 0.2) is 18.2 Å². The Morgan fingerprint density at radius 3 is 2.48 bits per heavy atom. The molecule has 1 saturated carbocycles. The minimum Gasteiger partial charge on any atom is -0.371 e. The van der Waals surface area contributed by atoms with Crippen LogP contribution < -0.4 is 10.6 Å². The van der Waals surface area contributed by atoms with Gasteiger partial charge in [-0.15, -0.1) is 0 Å². The van der Waals surface area contributed by atoms with Crippen LogP contribution in [0.2, 0.25) is 0 Å². The summed E-state index contributed by atoms with van der Waals surface area (Å²) >= 11 is 0. The Morgan fingerprint density at radius 1 is 1.24 bits per heavy atom. The Bertz CT molecular complexity index is 447. The third-order valence-electron chi connectivity index (χ3n) is 5.20. The fourth-order valence-corrected chi connectivity index (χ4v) is 3.51. The van der Waals surface area contributed by atoms with Crippen molar-refractivity contribution in [2.24, 2.45) is 11.7 Å². The first kappa shape index (κ1) is 16.4. The van der Waals surface area contributed by atoms with E-state index in [0.717, 1.165) is 18.8 Å². The van der Waals surface area contributed by atoms with Crippen molar-refractivity contribution >= 4 is 5.69 Å². The van der Waals surface area contributed by atoms with Gasteiger partial charge in [-0.3, -0.25) is 0 Å². The molecular formula is C19H32N2. The molecule has 2 nitrogen and oxygen atoms in total. The third-order valence-corrected chi connectivity index (χ3v) is 5.20. The maximum atomic E-state index is 6.07. The smallest absolute Gasteiger partial charge is 0.0396 e. The lowest BCUT2D eigenvalue weighted by Gasteiger charge is -2.36. The Hall–Kier alpha value is -1.02. The molecule has 0 amide bonds. The van der Waals surface area contributed by atoms with Crippen LogP contribution in [-0.4, -0.2) is 19.1 Å². The predicted molar refractivity (Wildman–Crippen MR) is 93.0 cm³/mol. The van der Waals surface area contributed by atoms with Crippen LogP contribution in [0.1, 0.15) is 57.1 Å². The molecule has 118 valence electrons. The molecule has 1 aliphatic rings. The molecule has 1 fully saturated rings. The minimum absolute atomic E-state index is 0.285. The highest BCUT2D eigenvalue weighted by atomic mass is 15.1. The Balaban J connectivity index is 2.06. The van der Waals surface area contributed by atoms with Crippen molar-refractivity contribution in [2.75, 3.05) is 11.9 Å². The zero-order chi connectivity index (χ0) is 15.4. The van der Waals surface area contributed by atoms with Crippen molar-refractivity contribution < 1.29 is 0 Å². The zero-order valence-corrected chi connectivity index (χ0v) is 14.2. The van der Waals surface area contributed by atoms with Crippen molar-refractivity contribution in [3.05, 3.63) is 29.3 Å². The monoisotopic (exact) mass is 288 g/mol. The quantitative estimate of drug-likeness (QED) is 0.875. The second kappa shape index (κ2) is 7.31. The van der Waals surface area contributed by atoms with Gasteiger partial charge in [0.25, 0.3) is 0 Å². The van der Waals surface area contributed by atoms with E-state index in [1.165, 1.54) is 42.5 Å². The second-order valence-electron chi connectivity index (χ2n) is 7.02. The topological polar surface area (TPSA) is 29.3 Å². The number of aryl methyl sites for hydroxylation is 1.